The van der Waals surface area contributed by atoms with Gasteiger partial charge in [0.25, 0.3) is 23.6 Å². The van der Waals surface area contributed by atoms with Crippen molar-refractivity contribution in [1.29, 1.82) is 0 Å². The Kier molecular flexibility index (Phi) is 19.0. The van der Waals surface area contributed by atoms with Crippen LogP contribution in [-0.4, -0.2) is 95.1 Å². The maximum Gasteiger partial charge on any atom is 0.330 e. The molecule has 2 aromatic heterocycles. The zero-order valence-electron chi connectivity index (χ0n) is 64.1. The van der Waals surface area contributed by atoms with Crippen LogP contribution in [0, 0.1) is 39.5 Å². The maximum absolute atomic E-state index is 16.8. The summed E-state index contributed by atoms with van der Waals surface area (Å²) in [5, 5.41) is 6.25. The fraction of sp³-hybridized carbons (Fsp3) is 0.370. The van der Waals surface area contributed by atoms with E-state index in [2.05, 4.69) is 79.7 Å². The second kappa shape index (κ2) is 28.7. The Morgan fingerprint density at radius 2 is 0.682 bits per heavy atom. The van der Waals surface area contributed by atoms with E-state index in [9.17, 15) is 0 Å². The largest absolute Gasteiger partial charge is 0.461 e. The second-order valence-corrected chi connectivity index (χ2v) is 34.4. The number of rotatable bonds is 24. The smallest absolute Gasteiger partial charge is 0.330 e. The number of imide groups is 2. The van der Waals surface area contributed by atoms with Gasteiger partial charge in [-0.1, -0.05) is 116 Å². The summed E-state index contributed by atoms with van der Waals surface area (Å²) in [4.78, 5) is 102. The van der Waals surface area contributed by atoms with Crippen molar-refractivity contribution >= 4 is 101 Å². The number of benzene rings is 9. The van der Waals surface area contributed by atoms with Gasteiger partial charge in [-0.3, -0.25) is 29.0 Å². The summed E-state index contributed by atoms with van der Waals surface area (Å²) in [5.41, 5.74) is 7.53. The molecule has 564 valence electrons. The highest BCUT2D eigenvalue weighted by Gasteiger charge is 2.50. The lowest BCUT2D eigenvalue weighted by molar-refractivity contribution is -0.154. The van der Waals surface area contributed by atoms with Gasteiger partial charge in [0.2, 0.25) is 0 Å². The minimum atomic E-state index is -1.43. The Morgan fingerprint density at radius 1 is 0.391 bits per heavy atom. The van der Waals surface area contributed by atoms with Gasteiger partial charge in [-0.15, -0.1) is 22.7 Å². The molecule has 0 bridgehead atoms. The third kappa shape index (κ3) is 13.2. The van der Waals surface area contributed by atoms with Crippen LogP contribution in [-0.2, 0) is 41.4 Å². The first kappa shape index (κ1) is 72.9. The number of carbonyl (C=O) groups excluding carboxylic acids is 6. The highest BCUT2D eigenvalue weighted by molar-refractivity contribution is 7.10. The number of nitrogens with zero attached hydrogens (tertiary/aromatic N) is 2. The summed E-state index contributed by atoms with van der Waals surface area (Å²) in [6.07, 6.45) is 3.27. The standard InChI is InChI=1S/C92H90N2O14S2/c1-45(2)53-19-25-69(49(9)31-53)105-73-39-63-79-64(88(96)93(87(63)95)67(37-61-15-13-29-109-61)91(99)103-59-23-17-57(35-59)77-43-101-77)41-75(107-71-27-21-55(47(5)6)33-51(71)11)83-84-76(108-72-28-22-56(48(7)8)34-52(72)12)42-66-80-65(40-74(82(86(80)84)81(73)85(79)83)106-70-26-20-54(46(3)4)32-50(70)10)89(97)94(90(66)98)68(38-62-16-14-30-110-62)92(100)104-60-24-18-58(36-60)78-44-102-78/h13-16,19-22,25-34,39-42,45-48,57-60,67-68,77-78H,17-18,23-24,35-38,43-44H2,1-12H3. The molecule has 0 N–H and O–H groups in total. The maximum atomic E-state index is 16.8. The molecule has 2 saturated carbocycles. The van der Waals surface area contributed by atoms with E-state index >= 15 is 28.8 Å². The average Bonchev–Trinajstić information content (AvgIpc) is 0.960. The van der Waals surface area contributed by atoms with E-state index in [0.29, 0.717) is 94.2 Å². The Balaban J connectivity index is 0.993. The number of thiophene rings is 2. The minimum absolute atomic E-state index is 0.0292. The summed E-state index contributed by atoms with van der Waals surface area (Å²) in [6.45, 7) is 26.2. The van der Waals surface area contributed by atoms with Gasteiger partial charge in [0.15, 0.2) is 0 Å². The molecule has 2 aliphatic carbocycles. The van der Waals surface area contributed by atoms with E-state index in [1.165, 1.54) is 22.7 Å². The van der Waals surface area contributed by atoms with Crippen LogP contribution in [0.4, 0.5) is 0 Å². The number of amides is 4. The van der Waals surface area contributed by atoms with Crippen LogP contribution in [0.15, 0.2) is 132 Å². The van der Waals surface area contributed by atoms with Crippen molar-refractivity contribution in [2.75, 3.05) is 13.2 Å². The molecule has 9 aromatic carbocycles. The molecule has 6 aliphatic rings. The minimum Gasteiger partial charge on any atom is -0.461 e. The average molecular weight is 1510 g/mol. The SMILES string of the molecule is Cc1cc(C(C)C)ccc1Oc1cc2c3c(cc(Oc4ccc(C(C)C)cc4C)c4c5c(Oc6ccc(C(C)C)cc6C)cc6c7c(cc(Oc8ccc(C(C)C)cc8C)c(c1c34)c75)C(=O)N(C(Cc1cccs1)C(=O)OC1CCC(C3CO3)C1)C6=O)C(=O)N(C(Cc1cccs1)C(=O)OC1CCC(C3CO3)C1)C2=O. The number of aryl methyl sites for hydroxylation is 4. The molecule has 0 spiro atoms. The number of hydrogen-bond acceptors (Lipinski definition) is 16. The van der Waals surface area contributed by atoms with Crippen LogP contribution in [0.3, 0.4) is 0 Å². The van der Waals surface area contributed by atoms with Crippen LogP contribution in [0.5, 0.6) is 46.0 Å². The molecule has 6 heterocycles. The van der Waals surface area contributed by atoms with Crippen molar-refractivity contribution in [2.45, 2.75) is 195 Å². The normalized spacial score (nSPS) is 20.1. The van der Waals surface area contributed by atoms with Gasteiger partial charge in [0.1, 0.15) is 70.3 Å². The van der Waals surface area contributed by atoms with Gasteiger partial charge >= 0.3 is 11.9 Å². The Labute approximate surface area is 648 Å². The Bertz CT molecular complexity index is 4980. The van der Waals surface area contributed by atoms with Crippen LogP contribution in [0.25, 0.3) is 43.1 Å². The van der Waals surface area contributed by atoms with E-state index in [1.807, 2.05) is 111 Å². The third-order valence-electron chi connectivity index (χ3n) is 23.6. The first-order chi connectivity index (χ1) is 52.9. The molecule has 110 heavy (non-hydrogen) atoms. The van der Waals surface area contributed by atoms with Gasteiger partial charge in [0.05, 0.1) is 47.7 Å². The topological polar surface area (TPSA) is 189 Å². The molecule has 2 saturated heterocycles. The molecule has 4 aliphatic heterocycles. The molecule has 16 nitrogen and oxygen atoms in total. The molecule has 17 rings (SSSR count). The lowest BCUT2D eigenvalue weighted by Gasteiger charge is -2.36. The quantitative estimate of drug-likeness (QED) is 0.0183. The zero-order chi connectivity index (χ0) is 76.6. The predicted molar refractivity (Wildman–Crippen MR) is 428 cm³/mol. The van der Waals surface area contributed by atoms with Crippen molar-refractivity contribution < 1.29 is 66.7 Å². The van der Waals surface area contributed by atoms with Gasteiger partial charge in [-0.25, -0.2) is 9.59 Å². The molecule has 0 radical (unpaired) electrons. The Morgan fingerprint density at radius 3 is 0.927 bits per heavy atom. The van der Waals surface area contributed by atoms with E-state index in [4.69, 9.17) is 37.9 Å². The van der Waals surface area contributed by atoms with Gasteiger partial charge in [-0.2, -0.15) is 0 Å². The monoisotopic (exact) mass is 1510 g/mol. The van der Waals surface area contributed by atoms with Crippen LogP contribution in [0.2, 0.25) is 0 Å². The molecule has 18 heteroatoms. The van der Waals surface area contributed by atoms with E-state index in [0.717, 1.165) is 76.9 Å². The third-order valence-corrected chi connectivity index (χ3v) is 25.4. The van der Waals surface area contributed by atoms with Crippen LogP contribution in [0.1, 0.15) is 213 Å². The van der Waals surface area contributed by atoms with Crippen LogP contribution < -0.4 is 18.9 Å². The molecular formula is C92H90N2O14S2. The first-order valence-corrected chi connectivity index (χ1v) is 40.6. The summed E-state index contributed by atoms with van der Waals surface area (Å²) < 4.78 is 54.7. The van der Waals surface area contributed by atoms with Gasteiger partial charge < -0.3 is 37.9 Å². The van der Waals surface area contributed by atoms with Crippen molar-refractivity contribution in [2.24, 2.45) is 11.8 Å². The van der Waals surface area contributed by atoms with Crippen molar-refractivity contribution in [1.82, 2.24) is 9.80 Å². The fourth-order valence-corrected chi connectivity index (χ4v) is 18.8. The lowest BCUT2D eigenvalue weighted by Crippen LogP contribution is -2.52. The van der Waals surface area contributed by atoms with Crippen molar-refractivity contribution in [3.05, 3.63) is 209 Å². The molecule has 4 fully saturated rings. The number of epoxide rings is 2. The zero-order valence-corrected chi connectivity index (χ0v) is 65.8. The summed E-state index contributed by atoms with van der Waals surface area (Å²) in [5.74, 6) is -1.13. The summed E-state index contributed by atoms with van der Waals surface area (Å²) in [6, 6.07) is 35.3. The molecule has 4 amide bonds. The highest BCUT2D eigenvalue weighted by Crippen LogP contribution is 2.59. The predicted octanol–water partition coefficient (Wildman–Crippen LogP) is 21.4. The van der Waals surface area contributed by atoms with Crippen molar-refractivity contribution in [3.8, 4) is 46.0 Å². The van der Waals surface area contributed by atoms with E-state index < -0.39 is 59.9 Å². The number of esters is 2. The number of fused-ring (bicyclic) bond motifs is 2. The first-order valence-electron chi connectivity index (χ1n) is 38.9. The number of hydrogen-bond donors (Lipinski definition) is 0. The highest BCUT2D eigenvalue weighted by atomic mass is 32.1. The second-order valence-electron chi connectivity index (χ2n) is 32.4. The molecule has 8 atom stereocenters. The number of ether oxygens (including phenoxy) is 8. The van der Waals surface area contributed by atoms with Crippen LogP contribution >= 0.6 is 22.7 Å². The molecule has 11 aromatic rings. The van der Waals surface area contributed by atoms with E-state index in [-0.39, 0.29) is 117 Å². The summed E-state index contributed by atoms with van der Waals surface area (Å²) >= 11 is 2.83. The molecule has 8 unspecified atom stereocenters. The molecular weight excluding hydrogens is 1420 g/mol. The van der Waals surface area contributed by atoms with Gasteiger partial charge in [0, 0.05) is 65.7 Å². The van der Waals surface area contributed by atoms with Gasteiger partial charge in [-0.05, 0) is 218 Å². The summed E-state index contributed by atoms with van der Waals surface area (Å²) in [7, 11) is 0. The lowest BCUT2D eigenvalue weighted by atomic mass is 9.80. The van der Waals surface area contributed by atoms with E-state index in [1.54, 1.807) is 24.3 Å². The fourth-order valence-electron chi connectivity index (χ4n) is 17.3. The van der Waals surface area contributed by atoms with Crippen molar-refractivity contribution in [3.63, 3.8) is 0 Å². The number of carbonyl (C=O) groups is 6. The Hall–Kier alpha value is -9.98.